The number of carbonyl (C=O) groups is 1. The van der Waals surface area contributed by atoms with Crippen molar-refractivity contribution in [3.63, 3.8) is 0 Å². The van der Waals surface area contributed by atoms with Gasteiger partial charge in [-0.3, -0.25) is 4.79 Å². The second-order valence-electron chi connectivity index (χ2n) is 6.14. The molecule has 1 fully saturated rings. The van der Waals surface area contributed by atoms with E-state index in [0.29, 0.717) is 12.2 Å². The first kappa shape index (κ1) is 17.7. The van der Waals surface area contributed by atoms with Crippen LogP contribution in [0.1, 0.15) is 23.0 Å². The summed E-state index contributed by atoms with van der Waals surface area (Å²) in [5, 5.41) is 4.03. The van der Waals surface area contributed by atoms with Gasteiger partial charge in [0.2, 0.25) is 0 Å². The number of benzene rings is 1. The molecule has 2 aromatic rings. The second-order valence-corrected chi connectivity index (χ2v) is 6.58. The topological polar surface area (TPSA) is 48.5 Å². The number of amides is 1. The molecule has 5 nitrogen and oxygen atoms in total. The van der Waals surface area contributed by atoms with Crippen molar-refractivity contribution >= 4 is 23.2 Å². The molecule has 0 aliphatic carbocycles. The zero-order valence-corrected chi connectivity index (χ0v) is 15.2. The molecule has 6 heteroatoms. The number of aromatic nitrogens is 1. The number of hydrogen-bond acceptors (Lipinski definition) is 4. The predicted molar refractivity (Wildman–Crippen MR) is 101 cm³/mol. The van der Waals surface area contributed by atoms with E-state index in [4.69, 9.17) is 11.6 Å². The fourth-order valence-electron chi connectivity index (χ4n) is 2.86. The molecule has 1 aromatic heterocycles. The van der Waals surface area contributed by atoms with Crippen LogP contribution in [0.5, 0.6) is 0 Å². The third-order valence-corrected chi connectivity index (χ3v) is 4.75. The molecule has 3 rings (SSSR count). The molecule has 0 saturated carbocycles. The average Bonchev–Trinajstić information content (AvgIpc) is 2.67. The first-order chi connectivity index (χ1) is 12.2. The Morgan fingerprint density at radius 2 is 1.84 bits per heavy atom. The van der Waals surface area contributed by atoms with Gasteiger partial charge >= 0.3 is 0 Å². The van der Waals surface area contributed by atoms with E-state index in [9.17, 15) is 4.79 Å². The summed E-state index contributed by atoms with van der Waals surface area (Å²) in [6.07, 6.45) is 1.71. The predicted octanol–water partition coefficient (Wildman–Crippen LogP) is 3.12. The Kier molecular flexibility index (Phi) is 5.89. The lowest BCUT2D eigenvalue weighted by Gasteiger charge is -2.33. The summed E-state index contributed by atoms with van der Waals surface area (Å²) < 4.78 is 0. The number of piperazine rings is 1. The van der Waals surface area contributed by atoms with Crippen LogP contribution < -0.4 is 5.32 Å². The van der Waals surface area contributed by atoms with Gasteiger partial charge in [-0.25, -0.2) is 4.98 Å². The molecule has 132 valence electrons. The van der Waals surface area contributed by atoms with E-state index in [1.165, 1.54) is 0 Å². The fourth-order valence-corrected chi connectivity index (χ4v) is 2.99. The number of pyridine rings is 1. The first-order valence-electron chi connectivity index (χ1n) is 8.61. The lowest BCUT2D eigenvalue weighted by Crippen LogP contribution is -2.48. The average molecular weight is 359 g/mol. The molecule has 1 N–H and O–H groups in total. The lowest BCUT2D eigenvalue weighted by molar-refractivity contribution is 0.0637. The van der Waals surface area contributed by atoms with Crippen molar-refractivity contribution in [3.8, 4) is 0 Å². The Morgan fingerprint density at radius 3 is 2.44 bits per heavy atom. The third kappa shape index (κ3) is 4.71. The summed E-state index contributed by atoms with van der Waals surface area (Å²) in [6.45, 7) is 7.27. The van der Waals surface area contributed by atoms with E-state index in [1.807, 2.05) is 35.2 Å². The molecule has 1 aliphatic rings. The van der Waals surface area contributed by atoms with Crippen LogP contribution in [0, 0.1) is 0 Å². The SMILES string of the molecule is CCN1CCN(C(=O)c2ccc(NCc3ccc(Cl)cc3)cn2)CC1. The van der Waals surface area contributed by atoms with E-state index < -0.39 is 0 Å². The van der Waals surface area contributed by atoms with Gasteiger partial charge in [0.25, 0.3) is 5.91 Å². The van der Waals surface area contributed by atoms with Gasteiger partial charge in [0.05, 0.1) is 11.9 Å². The van der Waals surface area contributed by atoms with Gasteiger partial charge in [0.15, 0.2) is 0 Å². The Morgan fingerprint density at radius 1 is 1.12 bits per heavy atom. The number of nitrogens with zero attached hydrogens (tertiary/aromatic N) is 3. The summed E-state index contributed by atoms with van der Waals surface area (Å²) in [4.78, 5) is 21.1. The zero-order valence-electron chi connectivity index (χ0n) is 14.4. The minimum atomic E-state index is 0.0139. The minimum absolute atomic E-state index is 0.0139. The van der Waals surface area contributed by atoms with Gasteiger partial charge in [0.1, 0.15) is 5.69 Å². The van der Waals surface area contributed by atoms with Crippen molar-refractivity contribution < 1.29 is 4.79 Å². The van der Waals surface area contributed by atoms with Crippen molar-refractivity contribution in [1.29, 1.82) is 0 Å². The van der Waals surface area contributed by atoms with Crippen LogP contribution in [-0.4, -0.2) is 53.4 Å². The highest BCUT2D eigenvalue weighted by molar-refractivity contribution is 6.30. The van der Waals surface area contributed by atoms with Gasteiger partial charge in [-0.15, -0.1) is 0 Å². The van der Waals surface area contributed by atoms with Crippen LogP contribution in [0.15, 0.2) is 42.6 Å². The quantitative estimate of drug-likeness (QED) is 0.892. The third-order valence-electron chi connectivity index (χ3n) is 4.50. The van der Waals surface area contributed by atoms with Gasteiger partial charge in [-0.2, -0.15) is 0 Å². The van der Waals surface area contributed by atoms with Crippen LogP contribution in [0.2, 0.25) is 5.02 Å². The molecule has 0 unspecified atom stereocenters. The number of rotatable bonds is 5. The standard InChI is InChI=1S/C19H23ClN4O/c1-2-23-9-11-24(12-10-23)19(25)18-8-7-17(14-22-18)21-13-15-3-5-16(20)6-4-15/h3-8,14,21H,2,9-13H2,1H3. The Bertz CT molecular complexity index is 694. The van der Waals surface area contributed by atoms with Gasteiger partial charge in [-0.1, -0.05) is 30.7 Å². The van der Waals surface area contributed by atoms with Gasteiger partial charge in [0, 0.05) is 37.7 Å². The molecule has 0 bridgehead atoms. The fraction of sp³-hybridized carbons (Fsp3) is 0.368. The summed E-state index contributed by atoms with van der Waals surface area (Å²) in [7, 11) is 0. The number of carbonyl (C=O) groups excluding carboxylic acids is 1. The maximum absolute atomic E-state index is 12.5. The largest absolute Gasteiger partial charge is 0.380 e. The first-order valence-corrected chi connectivity index (χ1v) is 8.99. The van der Waals surface area contributed by atoms with Gasteiger partial charge < -0.3 is 15.1 Å². The van der Waals surface area contributed by atoms with E-state index in [1.54, 1.807) is 12.3 Å². The van der Waals surface area contributed by atoms with Gasteiger partial charge in [-0.05, 0) is 36.4 Å². The Labute approximate surface area is 153 Å². The van der Waals surface area contributed by atoms with Crippen LogP contribution in [-0.2, 0) is 6.54 Å². The molecule has 25 heavy (non-hydrogen) atoms. The molecule has 1 saturated heterocycles. The lowest BCUT2D eigenvalue weighted by atomic mass is 10.2. The van der Waals surface area contributed by atoms with Crippen molar-refractivity contribution in [3.05, 3.63) is 58.9 Å². The van der Waals surface area contributed by atoms with E-state index in [2.05, 4.69) is 22.1 Å². The normalized spacial score (nSPS) is 15.2. The number of nitrogens with one attached hydrogen (secondary N) is 1. The monoisotopic (exact) mass is 358 g/mol. The smallest absolute Gasteiger partial charge is 0.272 e. The summed E-state index contributed by atoms with van der Waals surface area (Å²) >= 11 is 5.89. The summed E-state index contributed by atoms with van der Waals surface area (Å²) in [5.41, 5.74) is 2.53. The molecule has 1 aliphatic heterocycles. The van der Waals surface area contributed by atoms with Crippen molar-refractivity contribution in [2.75, 3.05) is 38.0 Å². The molecular weight excluding hydrogens is 336 g/mol. The Balaban J connectivity index is 1.54. The molecule has 1 aromatic carbocycles. The van der Waals surface area contributed by atoms with E-state index in [0.717, 1.165) is 49.0 Å². The maximum atomic E-state index is 12.5. The zero-order chi connectivity index (χ0) is 17.6. The van der Waals surface area contributed by atoms with Crippen LogP contribution >= 0.6 is 11.6 Å². The number of hydrogen-bond donors (Lipinski definition) is 1. The highest BCUT2D eigenvalue weighted by Crippen LogP contribution is 2.13. The van der Waals surface area contributed by atoms with E-state index >= 15 is 0 Å². The van der Waals surface area contributed by atoms with Crippen LogP contribution in [0.4, 0.5) is 5.69 Å². The number of halogens is 1. The molecular formula is C19H23ClN4O. The minimum Gasteiger partial charge on any atom is -0.380 e. The summed E-state index contributed by atoms with van der Waals surface area (Å²) in [6, 6.07) is 11.4. The molecule has 0 spiro atoms. The molecule has 0 atom stereocenters. The van der Waals surface area contributed by atoms with Crippen molar-refractivity contribution in [1.82, 2.24) is 14.8 Å². The summed E-state index contributed by atoms with van der Waals surface area (Å²) in [5.74, 6) is 0.0139. The maximum Gasteiger partial charge on any atom is 0.272 e. The van der Waals surface area contributed by atoms with Crippen LogP contribution in [0.25, 0.3) is 0 Å². The number of anilines is 1. The Hall–Kier alpha value is -2.11. The van der Waals surface area contributed by atoms with Crippen LogP contribution in [0.3, 0.4) is 0 Å². The van der Waals surface area contributed by atoms with E-state index in [-0.39, 0.29) is 5.91 Å². The molecule has 1 amide bonds. The highest BCUT2D eigenvalue weighted by Gasteiger charge is 2.21. The highest BCUT2D eigenvalue weighted by atomic mass is 35.5. The molecule has 0 radical (unpaired) electrons. The number of likely N-dealkylation sites (N-methyl/N-ethyl adjacent to an activating group) is 1. The van der Waals surface area contributed by atoms with Crippen molar-refractivity contribution in [2.45, 2.75) is 13.5 Å². The molecule has 2 heterocycles. The second kappa shape index (κ2) is 8.32. The van der Waals surface area contributed by atoms with Crippen molar-refractivity contribution in [2.24, 2.45) is 0 Å².